The second kappa shape index (κ2) is 10.8. The van der Waals surface area contributed by atoms with E-state index in [9.17, 15) is 9.59 Å². The molecule has 0 spiro atoms. The van der Waals surface area contributed by atoms with Crippen molar-refractivity contribution in [2.75, 3.05) is 6.61 Å². The van der Waals surface area contributed by atoms with Crippen molar-refractivity contribution >= 4 is 55.2 Å². The minimum absolute atomic E-state index is 0.229. The SMILES string of the molecule is CCCC1=C(C(=O)OCC)[C@H](c2ccc(C(C)C)cc2)n2c(s/c(=C/c3cc(Br)c(Br)o3)c2=O)=N1. The molecule has 0 amide bonds. The van der Waals surface area contributed by atoms with Gasteiger partial charge in [0.25, 0.3) is 5.56 Å². The van der Waals surface area contributed by atoms with Gasteiger partial charge in [0.2, 0.25) is 0 Å². The minimum Gasteiger partial charge on any atom is -0.463 e. The van der Waals surface area contributed by atoms with E-state index in [4.69, 9.17) is 14.1 Å². The molecule has 0 fully saturated rings. The normalized spacial score (nSPS) is 16.0. The van der Waals surface area contributed by atoms with E-state index in [1.54, 1.807) is 23.6 Å². The third-order valence-electron chi connectivity index (χ3n) is 5.75. The van der Waals surface area contributed by atoms with Crippen LogP contribution in [0.15, 0.2) is 64.9 Å². The molecule has 1 aliphatic rings. The van der Waals surface area contributed by atoms with Crippen LogP contribution in [-0.4, -0.2) is 17.1 Å². The number of aromatic nitrogens is 1. The second-order valence-corrected chi connectivity index (χ2v) is 11.1. The van der Waals surface area contributed by atoms with Gasteiger partial charge in [-0.2, -0.15) is 0 Å². The number of carbonyl (C=O) groups is 1. The van der Waals surface area contributed by atoms with Gasteiger partial charge in [-0.25, -0.2) is 9.79 Å². The summed E-state index contributed by atoms with van der Waals surface area (Å²) in [5.41, 5.74) is 2.89. The Morgan fingerprint density at radius 3 is 2.54 bits per heavy atom. The van der Waals surface area contributed by atoms with E-state index in [0.29, 0.717) is 43.4 Å². The molecule has 2 aromatic heterocycles. The summed E-state index contributed by atoms with van der Waals surface area (Å²) in [5.74, 6) is 0.463. The average molecular weight is 622 g/mol. The summed E-state index contributed by atoms with van der Waals surface area (Å²) in [4.78, 5) is 32.3. The molecule has 0 radical (unpaired) electrons. The highest BCUT2D eigenvalue weighted by atomic mass is 79.9. The van der Waals surface area contributed by atoms with Crippen molar-refractivity contribution in [3.05, 3.63) is 87.3 Å². The summed E-state index contributed by atoms with van der Waals surface area (Å²) in [5, 5.41) is 0. The molecular formula is C26H26Br2N2O4S. The number of hydrogen-bond acceptors (Lipinski definition) is 6. The molecule has 0 unspecified atom stereocenters. The van der Waals surface area contributed by atoms with Crippen molar-refractivity contribution in [2.24, 2.45) is 4.99 Å². The molecule has 0 bridgehead atoms. The third-order valence-corrected chi connectivity index (χ3v) is 8.44. The fraction of sp³-hybridized carbons (Fsp3) is 0.346. The molecule has 0 aliphatic carbocycles. The number of thiazole rings is 1. The summed E-state index contributed by atoms with van der Waals surface area (Å²) in [6.07, 6.45) is 3.12. The van der Waals surface area contributed by atoms with Gasteiger partial charge in [0.1, 0.15) is 5.76 Å². The number of fused-ring (bicyclic) bond motifs is 1. The number of nitrogens with zero attached hydrogens (tertiary/aromatic N) is 2. The fourth-order valence-corrected chi connectivity index (χ4v) is 5.67. The van der Waals surface area contributed by atoms with E-state index in [-0.39, 0.29) is 12.2 Å². The first kappa shape index (κ1) is 25.9. The Kier molecular flexibility index (Phi) is 7.98. The van der Waals surface area contributed by atoms with E-state index in [1.807, 2.05) is 19.1 Å². The standard InChI is InChI=1S/C26H26Br2N2O4S/c1-5-7-19-21(25(32)33-6-2)22(16-10-8-15(9-11-16)14(3)4)30-24(31)20(35-26(30)29-19)13-17-12-18(27)23(28)34-17/h8-14,22H,5-7H2,1-4H3/b20-13+/t22-/m0/s1. The van der Waals surface area contributed by atoms with Crippen molar-refractivity contribution < 1.29 is 13.9 Å². The molecule has 0 saturated heterocycles. The van der Waals surface area contributed by atoms with Gasteiger partial charge in [-0.05, 0) is 68.3 Å². The Morgan fingerprint density at radius 1 is 1.26 bits per heavy atom. The smallest absolute Gasteiger partial charge is 0.338 e. The van der Waals surface area contributed by atoms with Crippen molar-refractivity contribution in [1.29, 1.82) is 0 Å². The largest absolute Gasteiger partial charge is 0.463 e. The quantitative estimate of drug-likeness (QED) is 0.312. The number of benzene rings is 1. The van der Waals surface area contributed by atoms with Crippen LogP contribution < -0.4 is 14.9 Å². The maximum absolute atomic E-state index is 13.7. The fourth-order valence-electron chi connectivity index (χ4n) is 4.06. The van der Waals surface area contributed by atoms with Crippen LogP contribution in [0.2, 0.25) is 0 Å². The van der Waals surface area contributed by atoms with Gasteiger partial charge in [0.05, 0.1) is 32.9 Å². The number of hydrogen-bond donors (Lipinski definition) is 0. The number of allylic oxidation sites excluding steroid dienone is 1. The Labute approximate surface area is 224 Å². The van der Waals surface area contributed by atoms with Gasteiger partial charge < -0.3 is 9.15 Å². The molecule has 1 aliphatic heterocycles. The summed E-state index contributed by atoms with van der Waals surface area (Å²) in [7, 11) is 0. The molecule has 3 heterocycles. The number of halogens is 2. The predicted molar refractivity (Wildman–Crippen MR) is 144 cm³/mol. The van der Waals surface area contributed by atoms with Gasteiger partial charge in [-0.1, -0.05) is 62.8 Å². The van der Waals surface area contributed by atoms with Gasteiger partial charge >= 0.3 is 5.97 Å². The molecule has 4 rings (SSSR count). The molecular weight excluding hydrogens is 596 g/mol. The highest BCUT2D eigenvalue weighted by Gasteiger charge is 2.34. The summed E-state index contributed by atoms with van der Waals surface area (Å²) < 4.78 is 14.5. The maximum atomic E-state index is 13.7. The first-order valence-electron chi connectivity index (χ1n) is 11.5. The van der Waals surface area contributed by atoms with Crippen LogP contribution in [0.4, 0.5) is 0 Å². The first-order valence-corrected chi connectivity index (χ1v) is 13.9. The Balaban J connectivity index is 1.97. The zero-order valence-corrected chi connectivity index (χ0v) is 23.9. The highest BCUT2D eigenvalue weighted by Crippen LogP contribution is 2.33. The van der Waals surface area contributed by atoms with Crippen molar-refractivity contribution in [3.63, 3.8) is 0 Å². The van der Waals surface area contributed by atoms with Crippen molar-refractivity contribution in [1.82, 2.24) is 4.57 Å². The number of rotatable bonds is 7. The average Bonchev–Trinajstić information content (AvgIpc) is 3.30. The zero-order chi connectivity index (χ0) is 25.3. The second-order valence-electron chi connectivity index (χ2n) is 8.51. The van der Waals surface area contributed by atoms with Crippen LogP contribution in [0, 0.1) is 0 Å². The third kappa shape index (κ3) is 5.17. The number of esters is 1. The number of carbonyl (C=O) groups excluding carboxylic acids is 1. The topological polar surface area (TPSA) is 73.8 Å². The molecule has 184 valence electrons. The highest BCUT2D eigenvalue weighted by molar-refractivity contribution is 9.13. The van der Waals surface area contributed by atoms with Crippen LogP contribution in [0.25, 0.3) is 6.08 Å². The van der Waals surface area contributed by atoms with E-state index < -0.39 is 12.0 Å². The van der Waals surface area contributed by atoms with Gasteiger partial charge in [-0.3, -0.25) is 9.36 Å². The van der Waals surface area contributed by atoms with E-state index in [0.717, 1.165) is 16.5 Å². The lowest BCUT2D eigenvalue weighted by Gasteiger charge is -2.26. The lowest BCUT2D eigenvalue weighted by Crippen LogP contribution is -2.40. The van der Waals surface area contributed by atoms with Crippen LogP contribution in [0.5, 0.6) is 0 Å². The molecule has 1 aromatic carbocycles. The predicted octanol–water partition coefficient (Wildman–Crippen LogP) is 5.82. The minimum atomic E-state index is -0.620. The van der Waals surface area contributed by atoms with Crippen molar-refractivity contribution in [3.8, 4) is 0 Å². The first-order chi connectivity index (χ1) is 16.7. The molecule has 1 atom stereocenters. The lowest BCUT2D eigenvalue weighted by molar-refractivity contribution is -0.139. The molecule has 6 nitrogen and oxygen atoms in total. The summed E-state index contributed by atoms with van der Waals surface area (Å²) >= 11 is 8.03. The lowest BCUT2D eigenvalue weighted by atomic mass is 9.92. The van der Waals surface area contributed by atoms with Gasteiger partial charge in [0.15, 0.2) is 9.47 Å². The van der Waals surface area contributed by atoms with Crippen LogP contribution in [0.1, 0.15) is 69.4 Å². The summed E-state index contributed by atoms with van der Waals surface area (Å²) in [6.45, 7) is 8.33. The molecule has 35 heavy (non-hydrogen) atoms. The van der Waals surface area contributed by atoms with Gasteiger partial charge in [-0.15, -0.1) is 0 Å². The van der Waals surface area contributed by atoms with Gasteiger partial charge in [0, 0.05) is 6.08 Å². The maximum Gasteiger partial charge on any atom is 0.338 e. The van der Waals surface area contributed by atoms with Crippen LogP contribution in [0.3, 0.4) is 0 Å². The van der Waals surface area contributed by atoms with Crippen LogP contribution >= 0.6 is 43.2 Å². The van der Waals surface area contributed by atoms with Crippen molar-refractivity contribution in [2.45, 2.75) is 52.5 Å². The Morgan fingerprint density at radius 2 is 1.97 bits per heavy atom. The van der Waals surface area contributed by atoms with E-state index in [1.165, 1.54) is 16.9 Å². The number of furan rings is 1. The molecule has 9 heteroatoms. The molecule has 0 saturated carbocycles. The Hall–Kier alpha value is -2.23. The summed E-state index contributed by atoms with van der Waals surface area (Å²) in [6, 6.07) is 9.26. The Bertz CT molecular complexity index is 1440. The molecule has 3 aromatic rings. The molecule has 0 N–H and O–H groups in total. The number of ether oxygens (including phenoxy) is 1. The monoisotopic (exact) mass is 620 g/mol. The van der Waals surface area contributed by atoms with Crippen LogP contribution in [-0.2, 0) is 9.53 Å². The van der Waals surface area contributed by atoms with E-state index in [2.05, 4.69) is 57.8 Å². The zero-order valence-electron chi connectivity index (χ0n) is 19.9. The van der Waals surface area contributed by atoms with E-state index >= 15 is 0 Å².